The van der Waals surface area contributed by atoms with Gasteiger partial charge < -0.3 is 14.4 Å². The van der Waals surface area contributed by atoms with Gasteiger partial charge in [0.15, 0.2) is 5.76 Å². The smallest absolute Gasteiger partial charge is 0.305 e. The standard InChI is InChI=1S/C15H24N2O4/c1-4-16(5-2)11-12-7-8-13(21-12)15(20)17(6-3)10-9-14(18)19/h7-8H,4-6,9-11H2,1-3H3,(H,18,19). The molecule has 118 valence electrons. The topological polar surface area (TPSA) is 74.0 Å². The minimum Gasteiger partial charge on any atom is -0.481 e. The fourth-order valence-electron chi connectivity index (χ4n) is 2.04. The van der Waals surface area contributed by atoms with Crippen LogP contribution in [0.3, 0.4) is 0 Å². The van der Waals surface area contributed by atoms with Crippen LogP contribution in [0.5, 0.6) is 0 Å². The van der Waals surface area contributed by atoms with Crippen molar-refractivity contribution in [1.29, 1.82) is 0 Å². The van der Waals surface area contributed by atoms with Crippen molar-refractivity contribution in [2.45, 2.75) is 33.7 Å². The monoisotopic (exact) mass is 296 g/mol. The molecule has 1 amide bonds. The van der Waals surface area contributed by atoms with Crippen LogP contribution in [0, 0.1) is 0 Å². The average Bonchev–Trinajstić information content (AvgIpc) is 2.93. The zero-order chi connectivity index (χ0) is 15.8. The highest BCUT2D eigenvalue weighted by atomic mass is 16.4. The van der Waals surface area contributed by atoms with Gasteiger partial charge in [0.05, 0.1) is 13.0 Å². The molecule has 1 aromatic rings. The largest absolute Gasteiger partial charge is 0.481 e. The summed E-state index contributed by atoms with van der Waals surface area (Å²) in [7, 11) is 0. The summed E-state index contributed by atoms with van der Waals surface area (Å²) in [6, 6.07) is 3.46. The predicted octanol–water partition coefficient (Wildman–Crippen LogP) is 2.06. The third-order valence-corrected chi connectivity index (χ3v) is 3.41. The number of carboxylic acid groups (broad SMARTS) is 1. The maximum atomic E-state index is 12.3. The van der Waals surface area contributed by atoms with Crippen LogP contribution in [0.1, 0.15) is 43.5 Å². The minimum absolute atomic E-state index is 0.0629. The van der Waals surface area contributed by atoms with Crippen molar-refractivity contribution < 1.29 is 19.1 Å². The Morgan fingerprint density at radius 2 is 1.81 bits per heavy atom. The molecule has 0 aliphatic carbocycles. The van der Waals surface area contributed by atoms with Gasteiger partial charge in [-0.1, -0.05) is 13.8 Å². The molecule has 6 nitrogen and oxygen atoms in total. The normalized spacial score (nSPS) is 10.9. The first-order valence-corrected chi connectivity index (χ1v) is 7.33. The molecule has 6 heteroatoms. The van der Waals surface area contributed by atoms with E-state index in [4.69, 9.17) is 9.52 Å². The molecule has 0 saturated heterocycles. The van der Waals surface area contributed by atoms with Gasteiger partial charge >= 0.3 is 5.97 Å². The van der Waals surface area contributed by atoms with Gasteiger partial charge in [0.1, 0.15) is 5.76 Å². The lowest BCUT2D eigenvalue weighted by Gasteiger charge is -2.18. The number of hydrogen-bond donors (Lipinski definition) is 1. The lowest BCUT2D eigenvalue weighted by molar-refractivity contribution is -0.137. The fraction of sp³-hybridized carbons (Fsp3) is 0.600. The summed E-state index contributed by atoms with van der Waals surface area (Å²) in [6.45, 7) is 9.11. The Kier molecular flexibility index (Phi) is 6.94. The Bertz CT molecular complexity index is 466. The average molecular weight is 296 g/mol. The van der Waals surface area contributed by atoms with Crippen LogP contribution in [0.25, 0.3) is 0 Å². The molecule has 0 atom stereocenters. The number of aliphatic carboxylic acids is 1. The first kappa shape index (κ1) is 17.2. The zero-order valence-corrected chi connectivity index (χ0v) is 13.0. The highest BCUT2D eigenvalue weighted by Gasteiger charge is 2.19. The van der Waals surface area contributed by atoms with Crippen molar-refractivity contribution >= 4 is 11.9 Å². The number of rotatable bonds is 9. The highest BCUT2D eigenvalue weighted by molar-refractivity contribution is 5.91. The number of furan rings is 1. The lowest BCUT2D eigenvalue weighted by Crippen LogP contribution is -2.32. The van der Waals surface area contributed by atoms with Crippen molar-refractivity contribution in [1.82, 2.24) is 9.80 Å². The Labute approximate surface area is 125 Å². The van der Waals surface area contributed by atoms with Gasteiger partial charge in [0.2, 0.25) is 0 Å². The molecule has 21 heavy (non-hydrogen) atoms. The molecule has 0 aliphatic heterocycles. The Balaban J connectivity index is 2.69. The van der Waals surface area contributed by atoms with Crippen molar-refractivity contribution in [3.05, 3.63) is 23.7 Å². The summed E-state index contributed by atoms with van der Waals surface area (Å²) in [6.07, 6.45) is -0.0629. The van der Waals surface area contributed by atoms with Gasteiger partial charge in [-0.15, -0.1) is 0 Å². The first-order chi connectivity index (χ1) is 10.0. The summed E-state index contributed by atoms with van der Waals surface area (Å²) >= 11 is 0. The molecule has 0 bridgehead atoms. The lowest BCUT2D eigenvalue weighted by atomic mass is 10.3. The summed E-state index contributed by atoms with van der Waals surface area (Å²) < 4.78 is 5.59. The molecule has 1 N–H and O–H groups in total. The zero-order valence-electron chi connectivity index (χ0n) is 13.0. The van der Waals surface area contributed by atoms with Crippen LogP contribution in [-0.2, 0) is 11.3 Å². The van der Waals surface area contributed by atoms with Crippen LogP contribution in [0.2, 0.25) is 0 Å². The van der Waals surface area contributed by atoms with Crippen LogP contribution >= 0.6 is 0 Å². The van der Waals surface area contributed by atoms with E-state index in [0.29, 0.717) is 13.1 Å². The van der Waals surface area contributed by atoms with Gasteiger partial charge in [-0.25, -0.2) is 0 Å². The van der Waals surface area contributed by atoms with E-state index >= 15 is 0 Å². The van der Waals surface area contributed by atoms with E-state index < -0.39 is 5.97 Å². The van der Waals surface area contributed by atoms with Crippen molar-refractivity contribution in [3.8, 4) is 0 Å². The van der Waals surface area contributed by atoms with Crippen LogP contribution < -0.4 is 0 Å². The fourth-order valence-corrected chi connectivity index (χ4v) is 2.04. The molecule has 0 spiro atoms. The Morgan fingerprint density at radius 3 is 2.33 bits per heavy atom. The van der Waals surface area contributed by atoms with Crippen LogP contribution in [0.4, 0.5) is 0 Å². The highest BCUT2D eigenvalue weighted by Crippen LogP contribution is 2.13. The van der Waals surface area contributed by atoms with Crippen molar-refractivity contribution in [2.24, 2.45) is 0 Å². The molecule has 0 aromatic carbocycles. The van der Waals surface area contributed by atoms with Gasteiger partial charge in [-0.2, -0.15) is 0 Å². The summed E-state index contributed by atoms with van der Waals surface area (Å²) in [5.74, 6) is -0.159. The van der Waals surface area contributed by atoms with Crippen molar-refractivity contribution in [2.75, 3.05) is 26.2 Å². The number of hydrogen-bond acceptors (Lipinski definition) is 4. The summed E-state index contributed by atoms with van der Waals surface area (Å²) in [4.78, 5) is 26.5. The molecule has 0 fully saturated rings. The molecule has 0 saturated carbocycles. The third kappa shape index (κ3) is 5.23. The van der Waals surface area contributed by atoms with Gasteiger partial charge in [-0.05, 0) is 32.1 Å². The Hall–Kier alpha value is -1.82. The Morgan fingerprint density at radius 1 is 1.14 bits per heavy atom. The second-order valence-electron chi connectivity index (χ2n) is 4.76. The summed E-state index contributed by atoms with van der Waals surface area (Å²) in [5, 5.41) is 8.70. The summed E-state index contributed by atoms with van der Waals surface area (Å²) in [5.41, 5.74) is 0. The van der Waals surface area contributed by atoms with E-state index in [1.807, 2.05) is 6.92 Å². The van der Waals surface area contributed by atoms with Gasteiger partial charge in [0, 0.05) is 13.1 Å². The van der Waals surface area contributed by atoms with Crippen LogP contribution in [-0.4, -0.2) is 53.0 Å². The number of nitrogens with zero attached hydrogens (tertiary/aromatic N) is 2. The molecular weight excluding hydrogens is 272 g/mol. The number of carbonyl (C=O) groups excluding carboxylic acids is 1. The molecular formula is C15H24N2O4. The van der Waals surface area contributed by atoms with Gasteiger partial charge in [-0.3, -0.25) is 14.5 Å². The molecule has 1 rings (SSSR count). The van der Waals surface area contributed by atoms with Crippen molar-refractivity contribution in [3.63, 3.8) is 0 Å². The molecule has 0 radical (unpaired) electrons. The quantitative estimate of drug-likeness (QED) is 0.755. The second kappa shape index (κ2) is 8.46. The SMILES string of the molecule is CCN(CC)Cc1ccc(C(=O)N(CC)CCC(=O)O)o1. The second-order valence-corrected chi connectivity index (χ2v) is 4.76. The number of amides is 1. The maximum absolute atomic E-state index is 12.3. The number of carbonyl (C=O) groups is 2. The molecule has 1 heterocycles. The van der Waals surface area contributed by atoms with E-state index in [1.165, 1.54) is 4.90 Å². The molecule has 0 unspecified atom stereocenters. The van der Waals surface area contributed by atoms with Crippen LogP contribution in [0.15, 0.2) is 16.5 Å². The molecule has 1 aromatic heterocycles. The predicted molar refractivity (Wildman–Crippen MR) is 79.2 cm³/mol. The van der Waals surface area contributed by atoms with E-state index in [0.717, 1.165) is 18.8 Å². The van der Waals surface area contributed by atoms with E-state index in [9.17, 15) is 9.59 Å². The maximum Gasteiger partial charge on any atom is 0.305 e. The molecule has 0 aliphatic rings. The van der Waals surface area contributed by atoms with E-state index in [2.05, 4.69) is 18.7 Å². The third-order valence-electron chi connectivity index (χ3n) is 3.41. The minimum atomic E-state index is -0.914. The van der Waals surface area contributed by atoms with E-state index in [1.54, 1.807) is 12.1 Å². The van der Waals surface area contributed by atoms with Gasteiger partial charge in [0.25, 0.3) is 5.91 Å². The number of carboxylic acids is 1. The first-order valence-electron chi connectivity index (χ1n) is 7.33. The van der Waals surface area contributed by atoms with E-state index in [-0.39, 0.29) is 24.6 Å².